The molecule has 0 N–H and O–H groups in total. The Morgan fingerprint density at radius 2 is 1.50 bits per heavy atom. The topological polar surface area (TPSA) is 9.23 Å². The molecule has 32 heavy (non-hydrogen) atoms. The van der Waals surface area contributed by atoms with Gasteiger partial charge in [-0.3, -0.25) is 0 Å². The first kappa shape index (κ1) is 27.3. The molecule has 0 aromatic heterocycles. The third-order valence-corrected chi connectivity index (χ3v) is 8.00. The first-order valence-electron chi connectivity index (χ1n) is 14.0. The van der Waals surface area contributed by atoms with Gasteiger partial charge in [-0.1, -0.05) is 92.1 Å². The Bertz CT molecular complexity index is 688. The van der Waals surface area contributed by atoms with Gasteiger partial charge in [-0.15, -0.1) is 0 Å². The normalized spacial score (nSPS) is 20.2. The fourth-order valence-electron chi connectivity index (χ4n) is 5.67. The number of ether oxygens (including phenoxy) is 1. The lowest BCUT2D eigenvalue weighted by Gasteiger charge is -2.38. The van der Waals surface area contributed by atoms with Crippen molar-refractivity contribution in [3.63, 3.8) is 0 Å². The highest BCUT2D eigenvalue weighted by Gasteiger charge is 2.33. The van der Waals surface area contributed by atoms with Gasteiger partial charge in [-0.2, -0.15) is 0 Å². The molecule has 1 heteroatoms. The molecule has 0 aliphatic carbocycles. The standard InChI is InChI=1S/C31H54O/c1-9-13-28-22-26(6)30-29(27(28)7)19-21-31(8,32-30)20-12-18-25(5)17-11-16-24(4)15-10-14-23(2)3/h22-25H,9-21H2,1-8H3/t24-,25-,31?/m1/s1. The van der Waals surface area contributed by atoms with Gasteiger partial charge < -0.3 is 4.74 Å². The van der Waals surface area contributed by atoms with Crippen molar-refractivity contribution in [1.29, 1.82) is 0 Å². The first-order chi connectivity index (χ1) is 15.1. The van der Waals surface area contributed by atoms with E-state index in [0.29, 0.717) is 0 Å². The predicted octanol–water partition coefficient (Wildman–Crippen LogP) is 9.78. The molecule has 1 unspecified atom stereocenters. The van der Waals surface area contributed by atoms with E-state index in [4.69, 9.17) is 4.74 Å². The molecule has 0 saturated heterocycles. The van der Waals surface area contributed by atoms with Crippen molar-refractivity contribution in [2.45, 2.75) is 144 Å². The minimum atomic E-state index is 0.0150. The summed E-state index contributed by atoms with van der Waals surface area (Å²) in [5, 5.41) is 0. The highest BCUT2D eigenvalue weighted by molar-refractivity contribution is 5.51. The van der Waals surface area contributed by atoms with Crippen LogP contribution in [-0.4, -0.2) is 5.60 Å². The van der Waals surface area contributed by atoms with E-state index < -0.39 is 0 Å². The minimum absolute atomic E-state index is 0.0150. The fourth-order valence-corrected chi connectivity index (χ4v) is 5.67. The second kappa shape index (κ2) is 13.0. The number of benzene rings is 1. The SMILES string of the molecule is CCCc1cc(C)c2c(c1C)CCC(C)(CCC[C@H](C)CCC[C@H](C)CCCC(C)C)O2. The summed E-state index contributed by atoms with van der Waals surface area (Å²) in [7, 11) is 0. The van der Waals surface area contributed by atoms with Crippen molar-refractivity contribution < 1.29 is 4.74 Å². The van der Waals surface area contributed by atoms with Gasteiger partial charge in [0, 0.05) is 0 Å². The fraction of sp³-hybridized carbons (Fsp3) is 0.806. The summed E-state index contributed by atoms with van der Waals surface area (Å²) < 4.78 is 6.71. The van der Waals surface area contributed by atoms with Gasteiger partial charge in [0.15, 0.2) is 0 Å². The molecule has 0 saturated carbocycles. The Balaban J connectivity index is 1.74. The Hall–Kier alpha value is -0.980. The third-order valence-electron chi connectivity index (χ3n) is 8.00. The largest absolute Gasteiger partial charge is 0.487 e. The van der Waals surface area contributed by atoms with Crippen LogP contribution in [0, 0.1) is 31.6 Å². The van der Waals surface area contributed by atoms with Crippen LogP contribution in [0.2, 0.25) is 0 Å². The van der Waals surface area contributed by atoms with Gasteiger partial charge in [0.25, 0.3) is 0 Å². The maximum atomic E-state index is 6.71. The minimum Gasteiger partial charge on any atom is -0.487 e. The maximum absolute atomic E-state index is 6.71. The summed E-state index contributed by atoms with van der Waals surface area (Å²) in [5.41, 5.74) is 5.86. The lowest BCUT2D eigenvalue weighted by atomic mass is 9.83. The van der Waals surface area contributed by atoms with Crippen molar-refractivity contribution in [3.8, 4) is 5.75 Å². The number of hydrogen-bond donors (Lipinski definition) is 0. The van der Waals surface area contributed by atoms with Gasteiger partial charge >= 0.3 is 0 Å². The zero-order chi connectivity index (χ0) is 23.7. The zero-order valence-corrected chi connectivity index (χ0v) is 22.9. The van der Waals surface area contributed by atoms with Crippen molar-refractivity contribution in [3.05, 3.63) is 28.3 Å². The summed E-state index contributed by atoms with van der Waals surface area (Å²) >= 11 is 0. The summed E-state index contributed by atoms with van der Waals surface area (Å²) in [4.78, 5) is 0. The van der Waals surface area contributed by atoms with Crippen molar-refractivity contribution in [2.75, 3.05) is 0 Å². The highest BCUT2D eigenvalue weighted by atomic mass is 16.5. The van der Waals surface area contributed by atoms with Crippen LogP contribution in [-0.2, 0) is 12.8 Å². The van der Waals surface area contributed by atoms with Gasteiger partial charge in [0.05, 0.1) is 0 Å². The van der Waals surface area contributed by atoms with Crippen LogP contribution >= 0.6 is 0 Å². The van der Waals surface area contributed by atoms with E-state index in [0.717, 1.165) is 24.2 Å². The molecule has 184 valence electrons. The molecule has 0 radical (unpaired) electrons. The molecule has 1 aromatic carbocycles. The molecule has 0 bridgehead atoms. The van der Waals surface area contributed by atoms with Gasteiger partial charge in [-0.05, 0) is 92.9 Å². The van der Waals surface area contributed by atoms with Gasteiger partial charge in [0.1, 0.15) is 11.4 Å². The molecule has 1 aromatic rings. The Labute approximate surface area is 201 Å². The van der Waals surface area contributed by atoms with Gasteiger partial charge in [-0.25, -0.2) is 0 Å². The van der Waals surface area contributed by atoms with E-state index >= 15 is 0 Å². The lowest BCUT2D eigenvalue weighted by Crippen LogP contribution is -2.37. The zero-order valence-electron chi connectivity index (χ0n) is 22.9. The van der Waals surface area contributed by atoms with E-state index in [1.54, 1.807) is 0 Å². The van der Waals surface area contributed by atoms with Crippen LogP contribution < -0.4 is 4.74 Å². The molecule has 1 aliphatic heterocycles. The van der Waals surface area contributed by atoms with Crippen molar-refractivity contribution in [2.24, 2.45) is 17.8 Å². The van der Waals surface area contributed by atoms with Crippen LogP contribution in [0.3, 0.4) is 0 Å². The Morgan fingerprint density at radius 1 is 0.906 bits per heavy atom. The monoisotopic (exact) mass is 442 g/mol. The molecule has 2 rings (SSSR count). The third kappa shape index (κ3) is 8.42. The average Bonchev–Trinajstić information content (AvgIpc) is 2.71. The number of hydrogen-bond acceptors (Lipinski definition) is 1. The summed E-state index contributed by atoms with van der Waals surface area (Å²) in [6.07, 6.45) is 17.0. The van der Waals surface area contributed by atoms with E-state index in [9.17, 15) is 0 Å². The maximum Gasteiger partial charge on any atom is 0.126 e. The Morgan fingerprint density at radius 3 is 2.09 bits per heavy atom. The van der Waals surface area contributed by atoms with Crippen LogP contribution in [0.1, 0.15) is 134 Å². The number of fused-ring (bicyclic) bond motifs is 1. The first-order valence-corrected chi connectivity index (χ1v) is 14.0. The Kier molecular flexibility index (Phi) is 11.1. The van der Waals surface area contributed by atoms with Crippen molar-refractivity contribution in [1.82, 2.24) is 0 Å². The van der Waals surface area contributed by atoms with Crippen molar-refractivity contribution >= 4 is 0 Å². The molecule has 1 heterocycles. The van der Waals surface area contributed by atoms with E-state index in [-0.39, 0.29) is 5.60 Å². The van der Waals surface area contributed by atoms with E-state index in [2.05, 4.69) is 61.5 Å². The van der Waals surface area contributed by atoms with Crippen LogP contribution in [0.5, 0.6) is 5.75 Å². The van der Waals surface area contributed by atoms with Crippen LogP contribution in [0.15, 0.2) is 6.07 Å². The van der Waals surface area contributed by atoms with E-state index in [1.807, 2.05) is 0 Å². The second-order valence-electron chi connectivity index (χ2n) is 11.9. The smallest absolute Gasteiger partial charge is 0.126 e. The van der Waals surface area contributed by atoms with E-state index in [1.165, 1.54) is 105 Å². The molecule has 1 aliphatic rings. The lowest BCUT2D eigenvalue weighted by molar-refractivity contribution is 0.0514. The molecule has 0 fully saturated rings. The molecule has 3 atom stereocenters. The molecular weight excluding hydrogens is 388 g/mol. The quantitative estimate of drug-likeness (QED) is 0.278. The van der Waals surface area contributed by atoms with Crippen LogP contribution in [0.25, 0.3) is 0 Å². The number of aryl methyl sites for hydroxylation is 2. The van der Waals surface area contributed by atoms with Crippen LogP contribution in [0.4, 0.5) is 0 Å². The van der Waals surface area contributed by atoms with Gasteiger partial charge in [0.2, 0.25) is 0 Å². The highest BCUT2D eigenvalue weighted by Crippen LogP contribution is 2.41. The summed E-state index contributed by atoms with van der Waals surface area (Å²) in [5.74, 6) is 3.81. The number of rotatable bonds is 14. The summed E-state index contributed by atoms with van der Waals surface area (Å²) in [6, 6.07) is 2.38. The summed E-state index contributed by atoms with van der Waals surface area (Å²) in [6.45, 7) is 18.8. The molecule has 1 nitrogen and oxygen atoms in total. The second-order valence-corrected chi connectivity index (χ2v) is 11.9. The molecule has 0 spiro atoms. The predicted molar refractivity (Wildman–Crippen MR) is 142 cm³/mol. The average molecular weight is 443 g/mol. The molecular formula is C31H54O. The molecule has 0 amide bonds.